The molecule has 81 valence electrons. The van der Waals surface area contributed by atoms with Crippen molar-refractivity contribution in [3.63, 3.8) is 0 Å². The lowest BCUT2D eigenvalue weighted by Gasteiger charge is -2.09. The summed E-state index contributed by atoms with van der Waals surface area (Å²) in [4.78, 5) is 1.24. The molecule has 2 heteroatoms. The summed E-state index contributed by atoms with van der Waals surface area (Å²) in [5.74, 6) is 0. The Balaban J connectivity index is 2.62. The molecule has 0 unspecified atom stereocenters. The summed E-state index contributed by atoms with van der Waals surface area (Å²) in [6, 6.07) is 15.4. The fourth-order valence-corrected chi connectivity index (χ4v) is 2.47. The maximum atomic E-state index is 6.19. The zero-order valence-corrected chi connectivity index (χ0v) is 10.8. The van der Waals surface area contributed by atoms with Crippen LogP contribution in [-0.2, 0) is 0 Å². The van der Waals surface area contributed by atoms with Crippen molar-refractivity contribution in [2.24, 2.45) is 0 Å². The third kappa shape index (κ3) is 2.26. The smallest absolute Gasteiger partial charge is 0.0563 e. The fraction of sp³-hybridized carbons (Fsp3) is 0.143. The number of hydrogen-bond donors (Lipinski definition) is 0. The summed E-state index contributed by atoms with van der Waals surface area (Å²) in [5.41, 5.74) is 3.42. The second kappa shape index (κ2) is 4.94. The maximum Gasteiger partial charge on any atom is 0.0563 e. The number of rotatable bonds is 2. The second-order valence-electron chi connectivity index (χ2n) is 3.60. The minimum atomic E-state index is 0.687. The highest BCUT2D eigenvalue weighted by molar-refractivity contribution is 7.98. The molecule has 0 bridgehead atoms. The first kappa shape index (κ1) is 11.6. The van der Waals surface area contributed by atoms with E-state index in [0.29, 0.717) is 5.02 Å². The van der Waals surface area contributed by atoms with Crippen molar-refractivity contribution < 1.29 is 0 Å². The summed E-state index contributed by atoms with van der Waals surface area (Å²) in [6.07, 6.45) is 2.08. The van der Waals surface area contributed by atoms with Gasteiger partial charge in [0, 0.05) is 16.5 Å². The van der Waals surface area contributed by atoms with Crippen LogP contribution in [0.5, 0.6) is 0 Å². The molecule has 0 aliphatic heterocycles. The van der Waals surface area contributed by atoms with Crippen molar-refractivity contribution in [3.05, 3.63) is 53.1 Å². The van der Waals surface area contributed by atoms with Crippen LogP contribution in [0.3, 0.4) is 0 Å². The predicted octanol–water partition coefficient (Wildman–Crippen LogP) is 4.84. The van der Waals surface area contributed by atoms with Crippen LogP contribution in [0.1, 0.15) is 5.56 Å². The Morgan fingerprint density at radius 3 is 2.69 bits per heavy atom. The number of hydrogen-bond acceptors (Lipinski definition) is 1. The standard InChI is InChI=1S/C14H12ClS/c1-10-7-8-13(15)12(9-10)11-5-3-4-6-14(11)16-2/h3-7,9H,1-2H3. The third-order valence-corrected chi connectivity index (χ3v) is 3.54. The molecule has 2 rings (SSSR count). The fourth-order valence-electron chi connectivity index (χ4n) is 1.65. The molecule has 0 fully saturated rings. The molecule has 0 atom stereocenters. The van der Waals surface area contributed by atoms with Crippen LogP contribution in [0, 0.1) is 13.0 Å². The van der Waals surface area contributed by atoms with Gasteiger partial charge in [-0.25, -0.2) is 0 Å². The van der Waals surface area contributed by atoms with E-state index >= 15 is 0 Å². The van der Waals surface area contributed by atoms with E-state index in [-0.39, 0.29) is 0 Å². The topological polar surface area (TPSA) is 0 Å². The highest BCUT2D eigenvalue weighted by atomic mass is 35.5. The molecule has 0 nitrogen and oxygen atoms in total. The Morgan fingerprint density at radius 1 is 1.19 bits per heavy atom. The number of halogens is 1. The van der Waals surface area contributed by atoms with Crippen molar-refractivity contribution in [1.29, 1.82) is 0 Å². The largest absolute Gasteiger partial charge is 0.129 e. The molecule has 0 N–H and O–H groups in total. The molecule has 0 saturated heterocycles. The van der Waals surface area contributed by atoms with E-state index < -0.39 is 0 Å². The number of thioether (sulfide) groups is 1. The normalized spacial score (nSPS) is 10.4. The van der Waals surface area contributed by atoms with Gasteiger partial charge in [0.25, 0.3) is 0 Å². The van der Waals surface area contributed by atoms with E-state index in [0.717, 1.165) is 5.56 Å². The molecule has 0 spiro atoms. The molecule has 0 aliphatic rings. The highest BCUT2D eigenvalue weighted by Gasteiger charge is 2.07. The van der Waals surface area contributed by atoms with Gasteiger partial charge in [0.05, 0.1) is 5.02 Å². The first-order chi connectivity index (χ1) is 7.72. The SMILES string of the molecule is CSc1ccccc1-c1cc(C)c[c]c1Cl. The lowest BCUT2D eigenvalue weighted by molar-refractivity contribution is 1.41. The monoisotopic (exact) mass is 247 g/mol. The molecular formula is C14H12ClS. The molecular weight excluding hydrogens is 236 g/mol. The van der Waals surface area contributed by atoms with Gasteiger partial charge in [-0.3, -0.25) is 0 Å². The molecule has 0 heterocycles. The van der Waals surface area contributed by atoms with Crippen molar-refractivity contribution >= 4 is 23.4 Å². The van der Waals surface area contributed by atoms with Gasteiger partial charge in [-0.15, -0.1) is 11.8 Å². The van der Waals surface area contributed by atoms with E-state index in [1.54, 1.807) is 11.8 Å². The van der Waals surface area contributed by atoms with E-state index in [4.69, 9.17) is 11.6 Å². The Hall–Kier alpha value is -0.920. The van der Waals surface area contributed by atoms with Crippen LogP contribution in [0.4, 0.5) is 0 Å². The average Bonchev–Trinajstić information content (AvgIpc) is 2.32. The van der Waals surface area contributed by atoms with Crippen LogP contribution >= 0.6 is 23.4 Å². The van der Waals surface area contributed by atoms with E-state index in [1.165, 1.54) is 16.0 Å². The highest BCUT2D eigenvalue weighted by Crippen LogP contribution is 2.34. The molecule has 16 heavy (non-hydrogen) atoms. The van der Waals surface area contributed by atoms with Crippen molar-refractivity contribution in [2.75, 3.05) is 6.26 Å². The van der Waals surface area contributed by atoms with Crippen molar-refractivity contribution in [1.82, 2.24) is 0 Å². The van der Waals surface area contributed by atoms with Gasteiger partial charge in [-0.05, 0) is 42.5 Å². The maximum absolute atomic E-state index is 6.19. The van der Waals surface area contributed by atoms with Crippen molar-refractivity contribution in [2.45, 2.75) is 11.8 Å². The third-order valence-electron chi connectivity index (χ3n) is 2.43. The molecule has 0 saturated carbocycles. The summed E-state index contributed by atoms with van der Waals surface area (Å²) in [5, 5.41) is 0.687. The molecule has 0 aliphatic carbocycles. The molecule has 2 aromatic rings. The molecule has 0 aromatic heterocycles. The lowest BCUT2D eigenvalue weighted by Crippen LogP contribution is -1.84. The lowest BCUT2D eigenvalue weighted by atomic mass is 10.0. The molecule has 0 amide bonds. The summed E-state index contributed by atoms with van der Waals surface area (Å²) in [6.45, 7) is 2.05. The van der Waals surface area contributed by atoms with Crippen LogP contribution in [0.15, 0.2) is 41.3 Å². The van der Waals surface area contributed by atoms with Gasteiger partial charge in [0.2, 0.25) is 0 Å². The summed E-state index contributed by atoms with van der Waals surface area (Å²) in [7, 11) is 0. The second-order valence-corrected chi connectivity index (χ2v) is 4.83. The van der Waals surface area contributed by atoms with Gasteiger partial charge in [0.1, 0.15) is 0 Å². The Morgan fingerprint density at radius 2 is 1.94 bits per heavy atom. The van der Waals surface area contributed by atoms with Gasteiger partial charge in [0.15, 0.2) is 0 Å². The Bertz CT molecular complexity index is 506. The Kier molecular flexibility index (Phi) is 3.57. The van der Waals surface area contributed by atoms with E-state index in [1.807, 2.05) is 18.2 Å². The van der Waals surface area contributed by atoms with Crippen LogP contribution in [-0.4, -0.2) is 6.26 Å². The quantitative estimate of drug-likeness (QED) is 0.685. The first-order valence-corrected chi connectivity index (χ1v) is 6.64. The summed E-state index contributed by atoms with van der Waals surface area (Å²) >= 11 is 7.93. The number of aryl methyl sites for hydroxylation is 1. The van der Waals surface area contributed by atoms with Gasteiger partial charge in [-0.2, -0.15) is 0 Å². The summed E-state index contributed by atoms with van der Waals surface area (Å²) < 4.78 is 0. The molecule has 2 aromatic carbocycles. The zero-order chi connectivity index (χ0) is 11.5. The molecule has 1 radical (unpaired) electrons. The van der Waals surface area contributed by atoms with E-state index in [9.17, 15) is 0 Å². The van der Waals surface area contributed by atoms with Gasteiger partial charge < -0.3 is 0 Å². The van der Waals surface area contributed by atoms with Crippen molar-refractivity contribution in [3.8, 4) is 11.1 Å². The average molecular weight is 248 g/mol. The predicted molar refractivity (Wildman–Crippen MR) is 72.2 cm³/mol. The zero-order valence-electron chi connectivity index (χ0n) is 9.25. The Labute approximate surface area is 106 Å². The first-order valence-electron chi connectivity index (χ1n) is 5.03. The van der Waals surface area contributed by atoms with Crippen LogP contribution in [0.2, 0.25) is 5.02 Å². The van der Waals surface area contributed by atoms with E-state index in [2.05, 4.69) is 37.4 Å². The van der Waals surface area contributed by atoms with Crippen LogP contribution < -0.4 is 0 Å². The minimum absolute atomic E-state index is 0.687. The number of benzene rings is 2. The van der Waals surface area contributed by atoms with Gasteiger partial charge >= 0.3 is 0 Å². The van der Waals surface area contributed by atoms with Gasteiger partial charge in [-0.1, -0.05) is 29.8 Å². The minimum Gasteiger partial charge on any atom is -0.129 e. The van der Waals surface area contributed by atoms with Crippen LogP contribution in [0.25, 0.3) is 11.1 Å².